The van der Waals surface area contributed by atoms with E-state index in [-0.39, 0.29) is 5.41 Å². The third kappa shape index (κ3) is 4.94. The summed E-state index contributed by atoms with van der Waals surface area (Å²) < 4.78 is 0. The summed E-state index contributed by atoms with van der Waals surface area (Å²) in [7, 11) is 0. The molecule has 0 aromatic heterocycles. The normalized spacial score (nSPS) is 15.7. The fourth-order valence-electron chi connectivity index (χ4n) is 11.8. The number of nitrogens with zero attached hydrogens (tertiary/aromatic N) is 1. The zero-order valence-corrected chi connectivity index (χ0v) is 35.3. The van der Waals surface area contributed by atoms with E-state index in [1.165, 1.54) is 105 Å². The molecule has 1 spiro atoms. The summed E-state index contributed by atoms with van der Waals surface area (Å²) >= 11 is 0. The number of benzene rings is 10. The lowest BCUT2D eigenvalue weighted by molar-refractivity contribution is 0.660. The molecule has 0 amide bonds. The van der Waals surface area contributed by atoms with Crippen molar-refractivity contribution in [2.24, 2.45) is 0 Å². The zero-order chi connectivity index (χ0) is 41.9. The van der Waals surface area contributed by atoms with Crippen LogP contribution >= 0.6 is 0 Å². The average molecular weight is 802 g/mol. The molecule has 10 aromatic carbocycles. The molecule has 3 aliphatic carbocycles. The van der Waals surface area contributed by atoms with E-state index in [0.717, 1.165) is 11.4 Å². The maximum Gasteiger partial charge on any atom is 0.0731 e. The van der Waals surface area contributed by atoms with Gasteiger partial charge in [-0.1, -0.05) is 208 Å². The molecule has 3 aliphatic rings. The lowest BCUT2D eigenvalue weighted by atomic mass is 9.68. The molecule has 0 radical (unpaired) electrons. The van der Waals surface area contributed by atoms with Crippen LogP contribution in [0.25, 0.3) is 66.4 Å². The highest BCUT2D eigenvalue weighted by molar-refractivity contribution is 6.07. The van der Waals surface area contributed by atoms with E-state index in [1.54, 1.807) is 0 Å². The first-order chi connectivity index (χ1) is 31.0. The second-order valence-electron chi connectivity index (χ2n) is 17.9. The summed E-state index contributed by atoms with van der Waals surface area (Å²) in [6.07, 6.45) is 0. The van der Waals surface area contributed by atoms with Crippen molar-refractivity contribution in [3.8, 4) is 55.6 Å². The van der Waals surface area contributed by atoms with Crippen molar-refractivity contribution in [2.45, 2.75) is 24.7 Å². The van der Waals surface area contributed by atoms with Crippen molar-refractivity contribution in [3.63, 3.8) is 0 Å². The molecule has 1 nitrogen and oxygen atoms in total. The summed E-state index contributed by atoms with van der Waals surface area (Å²) in [5, 5.41) is 2.58. The first-order valence-electron chi connectivity index (χ1n) is 22.2. The minimum atomic E-state index is -0.464. The number of rotatable bonds is 5. The monoisotopic (exact) mass is 801 g/mol. The number of fused-ring (bicyclic) bond motifs is 15. The quantitative estimate of drug-likeness (QED) is 0.168. The van der Waals surface area contributed by atoms with Gasteiger partial charge in [-0.25, -0.2) is 0 Å². The first kappa shape index (κ1) is 36.0. The van der Waals surface area contributed by atoms with Crippen LogP contribution in [0.15, 0.2) is 224 Å². The van der Waals surface area contributed by atoms with E-state index < -0.39 is 5.41 Å². The van der Waals surface area contributed by atoms with Gasteiger partial charge in [-0.15, -0.1) is 0 Å². The molecule has 0 fully saturated rings. The maximum atomic E-state index is 2.47. The van der Waals surface area contributed by atoms with Crippen LogP contribution in [0.3, 0.4) is 0 Å². The zero-order valence-electron chi connectivity index (χ0n) is 35.3. The molecule has 296 valence electrons. The second-order valence-corrected chi connectivity index (χ2v) is 17.9. The summed E-state index contributed by atoms with van der Waals surface area (Å²) in [6.45, 7) is 4.73. The van der Waals surface area contributed by atoms with Crippen molar-refractivity contribution in [1.29, 1.82) is 0 Å². The molecule has 1 unspecified atom stereocenters. The smallest absolute Gasteiger partial charge is 0.0731 e. The van der Waals surface area contributed by atoms with Gasteiger partial charge in [-0.2, -0.15) is 0 Å². The lowest BCUT2D eigenvalue weighted by Crippen LogP contribution is -2.26. The highest BCUT2D eigenvalue weighted by Gasteiger charge is 2.53. The van der Waals surface area contributed by atoms with Crippen molar-refractivity contribution in [1.82, 2.24) is 0 Å². The van der Waals surface area contributed by atoms with Crippen LogP contribution < -0.4 is 4.90 Å². The minimum absolute atomic E-state index is 0.111. The predicted octanol–water partition coefficient (Wildman–Crippen LogP) is 16.3. The van der Waals surface area contributed by atoms with Crippen LogP contribution in [0, 0.1) is 0 Å². The van der Waals surface area contributed by atoms with E-state index in [9.17, 15) is 0 Å². The third-order valence-corrected chi connectivity index (χ3v) is 14.5. The standard InChI is InChI=1S/C62H43N/c1-61(2)52-25-11-9-21-50(52)59-55(61)28-15-29-57(59)63(44-35-30-41(31-36-44)40-16-4-3-5-17-40)45-37-32-43(33-38-45)47-23-14-24-49-48-20-8-12-26-53(48)62(60(47)49)54-27-13-10-22-51(54)58-46-19-7-6-18-42(46)34-39-56(58)62/h3-39H,1-2H3. The Morgan fingerprint density at radius 3 is 1.59 bits per heavy atom. The van der Waals surface area contributed by atoms with Gasteiger partial charge in [-0.05, 0) is 125 Å². The summed E-state index contributed by atoms with van der Waals surface area (Å²) in [5.41, 5.74) is 23.8. The van der Waals surface area contributed by atoms with Gasteiger partial charge in [0, 0.05) is 22.4 Å². The maximum absolute atomic E-state index is 2.47. The number of hydrogen-bond donors (Lipinski definition) is 0. The molecule has 1 heteroatoms. The Balaban J connectivity index is 1.01. The predicted molar refractivity (Wildman–Crippen MR) is 263 cm³/mol. The number of hydrogen-bond acceptors (Lipinski definition) is 1. The fourth-order valence-corrected chi connectivity index (χ4v) is 11.8. The van der Waals surface area contributed by atoms with Crippen LogP contribution in [0.4, 0.5) is 17.1 Å². The Morgan fingerprint density at radius 1 is 0.317 bits per heavy atom. The molecule has 1 atom stereocenters. The minimum Gasteiger partial charge on any atom is -0.310 e. The van der Waals surface area contributed by atoms with Crippen molar-refractivity contribution < 1.29 is 0 Å². The topological polar surface area (TPSA) is 3.24 Å². The molecule has 10 aromatic rings. The van der Waals surface area contributed by atoms with Crippen LogP contribution in [-0.4, -0.2) is 0 Å². The fraction of sp³-hybridized carbons (Fsp3) is 0.0645. The van der Waals surface area contributed by atoms with Gasteiger partial charge in [0.2, 0.25) is 0 Å². The Labute approximate surface area is 369 Å². The Kier molecular flexibility index (Phi) is 7.64. The Bertz CT molecular complexity index is 3470. The third-order valence-electron chi connectivity index (χ3n) is 14.5. The van der Waals surface area contributed by atoms with Crippen LogP contribution in [0.2, 0.25) is 0 Å². The van der Waals surface area contributed by atoms with Gasteiger partial charge >= 0.3 is 0 Å². The molecule has 0 aliphatic heterocycles. The van der Waals surface area contributed by atoms with Gasteiger partial charge in [0.1, 0.15) is 0 Å². The van der Waals surface area contributed by atoms with Crippen LogP contribution in [0.5, 0.6) is 0 Å². The van der Waals surface area contributed by atoms with Gasteiger partial charge in [0.15, 0.2) is 0 Å². The number of anilines is 3. The largest absolute Gasteiger partial charge is 0.310 e. The van der Waals surface area contributed by atoms with Gasteiger partial charge < -0.3 is 4.90 Å². The van der Waals surface area contributed by atoms with E-state index in [0.29, 0.717) is 0 Å². The summed E-state index contributed by atoms with van der Waals surface area (Å²) in [6, 6.07) is 83.9. The second kappa shape index (κ2) is 13.4. The Hall–Kier alpha value is -7.74. The van der Waals surface area contributed by atoms with Crippen LogP contribution in [0.1, 0.15) is 47.2 Å². The van der Waals surface area contributed by atoms with Crippen LogP contribution in [-0.2, 0) is 10.8 Å². The van der Waals surface area contributed by atoms with E-state index in [2.05, 4.69) is 243 Å². The molecule has 0 saturated carbocycles. The van der Waals surface area contributed by atoms with E-state index >= 15 is 0 Å². The highest BCUT2D eigenvalue weighted by atomic mass is 15.1. The molecule has 0 heterocycles. The molecular formula is C62H43N. The average Bonchev–Trinajstić information content (AvgIpc) is 3.91. The Morgan fingerprint density at radius 2 is 0.841 bits per heavy atom. The molecule has 13 rings (SSSR count). The summed E-state index contributed by atoms with van der Waals surface area (Å²) in [5.74, 6) is 0. The van der Waals surface area contributed by atoms with E-state index in [1.807, 2.05) is 0 Å². The molecule has 0 saturated heterocycles. The van der Waals surface area contributed by atoms with E-state index in [4.69, 9.17) is 0 Å². The highest BCUT2D eigenvalue weighted by Crippen LogP contribution is 2.65. The SMILES string of the molecule is CC1(C)c2ccccc2-c2c(N(c3ccc(-c4ccccc4)cc3)c3ccc(-c4cccc5c4C4(c6ccccc6-5)c5ccccc5-c5c4ccc4ccccc54)cc3)cccc21. The molecular weight excluding hydrogens is 759 g/mol. The van der Waals surface area contributed by atoms with Crippen molar-refractivity contribution in [2.75, 3.05) is 4.90 Å². The lowest BCUT2D eigenvalue weighted by Gasteiger charge is -2.32. The molecule has 63 heavy (non-hydrogen) atoms. The molecule has 0 bridgehead atoms. The first-order valence-corrected chi connectivity index (χ1v) is 22.2. The van der Waals surface area contributed by atoms with Gasteiger partial charge in [0.25, 0.3) is 0 Å². The van der Waals surface area contributed by atoms with Crippen molar-refractivity contribution in [3.05, 3.63) is 258 Å². The summed E-state index contributed by atoms with van der Waals surface area (Å²) in [4.78, 5) is 2.47. The van der Waals surface area contributed by atoms with Crippen molar-refractivity contribution >= 4 is 27.8 Å². The van der Waals surface area contributed by atoms with Gasteiger partial charge in [-0.3, -0.25) is 0 Å². The molecule has 0 N–H and O–H groups in total. The van der Waals surface area contributed by atoms with Gasteiger partial charge in [0.05, 0.1) is 11.1 Å².